The molecule has 12 nitrogen and oxygen atoms in total. The molecule has 1 aromatic rings. The molecule has 0 aliphatic heterocycles. The number of carbonyl (C=O) groups is 6. The zero-order valence-corrected chi connectivity index (χ0v) is 29.1. The van der Waals surface area contributed by atoms with Crippen molar-refractivity contribution in [3.05, 3.63) is 54.4 Å². The molecule has 0 spiro atoms. The fourth-order valence-electron chi connectivity index (χ4n) is 6.63. The number of carbonyl (C=O) groups excluding carboxylic acids is 6. The van der Waals surface area contributed by atoms with Gasteiger partial charge in [0.25, 0.3) is 0 Å². The lowest BCUT2D eigenvalue weighted by molar-refractivity contribution is -0.186. The van der Waals surface area contributed by atoms with Crippen LogP contribution in [-0.2, 0) is 47.7 Å². The van der Waals surface area contributed by atoms with Gasteiger partial charge in [0.2, 0.25) is 0 Å². The maximum atomic E-state index is 14.6. The van der Waals surface area contributed by atoms with Crippen molar-refractivity contribution >= 4 is 35.6 Å². The Morgan fingerprint density at radius 1 is 0.958 bits per heavy atom. The molecule has 1 aromatic heterocycles. The zero-order chi connectivity index (χ0) is 36.1. The minimum Gasteiger partial charge on any atom is -0.461 e. The molecule has 48 heavy (non-hydrogen) atoms. The van der Waals surface area contributed by atoms with E-state index in [1.807, 2.05) is 0 Å². The number of ketones is 1. The highest BCUT2D eigenvalue weighted by Crippen LogP contribution is 2.51. The number of aromatic nitrogens is 1. The van der Waals surface area contributed by atoms with E-state index in [1.165, 1.54) is 39.2 Å². The molecule has 1 unspecified atom stereocenters. The smallest absolute Gasteiger partial charge is 0.340 e. The van der Waals surface area contributed by atoms with E-state index in [1.54, 1.807) is 59.8 Å². The maximum Gasteiger partial charge on any atom is 0.340 e. The predicted octanol–water partition coefficient (Wildman–Crippen LogP) is 4.74. The van der Waals surface area contributed by atoms with Gasteiger partial charge in [0.1, 0.15) is 24.4 Å². The third-order valence-corrected chi connectivity index (χ3v) is 8.78. The molecule has 0 amide bonds. The number of allylic oxidation sites excluding steroid dienone is 1. The Labute approximate surface area is 281 Å². The first-order chi connectivity index (χ1) is 22.3. The molecule has 12 heteroatoms. The lowest BCUT2D eigenvalue weighted by Crippen LogP contribution is -2.56. The van der Waals surface area contributed by atoms with Crippen LogP contribution >= 0.6 is 0 Å². The summed E-state index contributed by atoms with van der Waals surface area (Å²) in [6.07, 6.45) is 1.17. The van der Waals surface area contributed by atoms with E-state index in [0.29, 0.717) is 0 Å². The first-order valence-corrected chi connectivity index (χ1v) is 16.1. The number of hydrogen-bond donors (Lipinski definition) is 0. The van der Waals surface area contributed by atoms with Gasteiger partial charge in [-0.25, -0.2) is 4.79 Å². The van der Waals surface area contributed by atoms with Crippen LogP contribution in [0.5, 0.6) is 0 Å². The van der Waals surface area contributed by atoms with Gasteiger partial charge in [0.05, 0.1) is 17.4 Å². The van der Waals surface area contributed by atoms with E-state index >= 15 is 0 Å². The van der Waals surface area contributed by atoms with Crippen molar-refractivity contribution in [2.24, 2.45) is 29.1 Å². The van der Waals surface area contributed by atoms with E-state index in [-0.39, 0.29) is 24.0 Å². The largest absolute Gasteiger partial charge is 0.461 e. The SMILES string of the molecule is C=C1CC(OC(C)=O)[C@@H](OC(=O)c2cccnc2)C(C)(C)C=C[C@H](C)C(=O)[C@@]2(OC(C)=O)C[C@H](C)[C@H](OC(=O)C(C)C)[C@@H]2[C@H]1OC(C)=O. The van der Waals surface area contributed by atoms with E-state index in [0.717, 1.165) is 0 Å². The summed E-state index contributed by atoms with van der Waals surface area (Å²) >= 11 is 0. The number of ether oxygens (including phenoxy) is 5. The van der Waals surface area contributed by atoms with Gasteiger partial charge >= 0.3 is 29.8 Å². The highest BCUT2D eigenvalue weighted by atomic mass is 16.6. The molecule has 1 heterocycles. The van der Waals surface area contributed by atoms with Gasteiger partial charge < -0.3 is 23.7 Å². The third kappa shape index (κ3) is 8.56. The van der Waals surface area contributed by atoms with Crippen molar-refractivity contribution in [3.8, 4) is 0 Å². The lowest BCUT2D eigenvalue weighted by atomic mass is 9.72. The van der Waals surface area contributed by atoms with Gasteiger partial charge in [-0.3, -0.25) is 29.0 Å². The zero-order valence-electron chi connectivity index (χ0n) is 29.1. The summed E-state index contributed by atoms with van der Waals surface area (Å²) in [5, 5.41) is 0. The van der Waals surface area contributed by atoms with E-state index in [9.17, 15) is 28.8 Å². The Balaban J connectivity index is 2.31. The second-order valence-electron chi connectivity index (χ2n) is 13.7. The minimum atomic E-state index is -1.90. The van der Waals surface area contributed by atoms with Crippen molar-refractivity contribution in [3.63, 3.8) is 0 Å². The van der Waals surface area contributed by atoms with E-state index < -0.39 is 94.7 Å². The van der Waals surface area contributed by atoms with Crippen molar-refractivity contribution < 1.29 is 52.5 Å². The lowest BCUT2D eigenvalue weighted by Gasteiger charge is -2.42. The van der Waals surface area contributed by atoms with Crippen LogP contribution in [0.25, 0.3) is 0 Å². The van der Waals surface area contributed by atoms with E-state index in [4.69, 9.17) is 23.7 Å². The monoisotopic (exact) mass is 669 g/mol. The summed E-state index contributed by atoms with van der Waals surface area (Å²) in [6, 6.07) is 3.10. The number of Topliss-reactive ketones (excluding diaryl/α,β-unsaturated/α-hetero) is 1. The Morgan fingerprint density at radius 2 is 1.60 bits per heavy atom. The van der Waals surface area contributed by atoms with Crippen molar-refractivity contribution in [2.75, 3.05) is 0 Å². The standard InChI is InChI=1S/C36H47NO11/c1-19(2)33(42)46-30-22(5)17-36(48-25(8)40)28(30)29(45-24(7)39)21(4)16-27(44-23(6)38)32(35(9,10)14-13-20(3)31(36)41)47-34(43)26-12-11-15-37-18-26/h11-15,18-20,22,27-30,32H,4,16-17H2,1-3,5-10H3/t20-,22-,27?,28-,29-,30-,32+,36+/m0/s1. The van der Waals surface area contributed by atoms with Gasteiger partial charge in [-0.15, -0.1) is 0 Å². The molecular formula is C36H47NO11. The second-order valence-corrected chi connectivity index (χ2v) is 13.7. The maximum absolute atomic E-state index is 14.6. The van der Waals surface area contributed by atoms with Crippen molar-refractivity contribution in [2.45, 2.75) is 105 Å². The molecule has 2 aliphatic rings. The van der Waals surface area contributed by atoms with Crippen molar-refractivity contribution in [1.29, 1.82) is 0 Å². The highest BCUT2D eigenvalue weighted by Gasteiger charge is 2.65. The molecular weight excluding hydrogens is 622 g/mol. The van der Waals surface area contributed by atoms with E-state index in [2.05, 4.69) is 11.6 Å². The Kier molecular flexibility index (Phi) is 12.1. The molecule has 1 fully saturated rings. The summed E-state index contributed by atoms with van der Waals surface area (Å²) in [5.74, 6) is -7.16. The number of rotatable bonds is 7. The number of pyridine rings is 1. The fraction of sp³-hybridized carbons (Fsp3) is 0.583. The van der Waals surface area contributed by atoms with Gasteiger partial charge in [-0.1, -0.05) is 60.3 Å². The average Bonchev–Trinajstić information content (AvgIpc) is 3.26. The molecule has 8 atom stereocenters. The van der Waals surface area contributed by atoms with Crippen LogP contribution in [0.4, 0.5) is 0 Å². The quantitative estimate of drug-likeness (QED) is 0.223. The number of nitrogens with zero attached hydrogens (tertiary/aromatic N) is 1. The Hall–Kier alpha value is -4.35. The molecule has 0 N–H and O–H groups in total. The molecule has 0 radical (unpaired) electrons. The molecule has 262 valence electrons. The van der Waals surface area contributed by atoms with Crippen LogP contribution in [0.1, 0.15) is 85.5 Å². The van der Waals surface area contributed by atoms with Gasteiger partial charge in [0.15, 0.2) is 11.4 Å². The highest BCUT2D eigenvalue weighted by molar-refractivity contribution is 5.93. The molecule has 0 saturated heterocycles. The molecule has 2 aliphatic carbocycles. The second kappa shape index (κ2) is 15.3. The summed E-state index contributed by atoms with van der Waals surface area (Å²) in [4.78, 5) is 83.0. The number of hydrogen-bond acceptors (Lipinski definition) is 12. The van der Waals surface area contributed by atoms with Crippen LogP contribution in [0, 0.1) is 29.1 Å². The number of fused-ring (bicyclic) bond motifs is 1. The van der Waals surface area contributed by atoms with Crippen LogP contribution in [0.2, 0.25) is 0 Å². The van der Waals surface area contributed by atoms with Gasteiger partial charge in [-0.2, -0.15) is 0 Å². The summed E-state index contributed by atoms with van der Waals surface area (Å²) in [6.45, 7) is 17.9. The Bertz CT molecular complexity index is 1450. The summed E-state index contributed by atoms with van der Waals surface area (Å²) in [5.41, 5.74) is -2.64. The normalized spacial score (nSPS) is 30.2. The predicted molar refractivity (Wildman–Crippen MR) is 172 cm³/mol. The first kappa shape index (κ1) is 38.1. The fourth-order valence-corrected chi connectivity index (χ4v) is 6.63. The van der Waals surface area contributed by atoms with Crippen LogP contribution < -0.4 is 0 Å². The minimum absolute atomic E-state index is 0.0303. The van der Waals surface area contributed by atoms with Crippen LogP contribution in [0.15, 0.2) is 48.8 Å². The van der Waals surface area contributed by atoms with Crippen LogP contribution in [-0.4, -0.2) is 70.6 Å². The number of esters is 5. The van der Waals surface area contributed by atoms with Gasteiger partial charge in [-0.05, 0) is 23.6 Å². The summed E-state index contributed by atoms with van der Waals surface area (Å²) < 4.78 is 29.6. The van der Waals surface area contributed by atoms with Crippen molar-refractivity contribution in [1.82, 2.24) is 4.98 Å². The average molecular weight is 670 g/mol. The molecule has 0 bridgehead atoms. The third-order valence-electron chi connectivity index (χ3n) is 8.78. The molecule has 0 aromatic carbocycles. The first-order valence-electron chi connectivity index (χ1n) is 16.1. The molecule has 3 rings (SSSR count). The Morgan fingerprint density at radius 3 is 2.15 bits per heavy atom. The van der Waals surface area contributed by atoms with Gasteiger partial charge in [0, 0.05) is 57.3 Å². The molecule has 1 saturated carbocycles. The topological polar surface area (TPSA) is 161 Å². The summed E-state index contributed by atoms with van der Waals surface area (Å²) in [7, 11) is 0. The van der Waals surface area contributed by atoms with Crippen LogP contribution in [0.3, 0.4) is 0 Å².